The Morgan fingerprint density at radius 2 is 1.87 bits per heavy atom. The Morgan fingerprint density at radius 1 is 1.09 bits per heavy atom. The lowest BCUT2D eigenvalue weighted by atomic mass is 10.1. The Labute approximate surface area is 138 Å². The first-order chi connectivity index (χ1) is 11.3. The van der Waals surface area contributed by atoms with Crippen LogP contribution < -0.4 is 15.9 Å². The summed E-state index contributed by atoms with van der Waals surface area (Å²) < 4.78 is 0. The summed E-state index contributed by atoms with van der Waals surface area (Å²) in [5.74, 6) is 0. The molecule has 23 heavy (non-hydrogen) atoms. The third-order valence-electron chi connectivity index (χ3n) is 4.05. The molecular weight excluding hydrogens is 287 g/mol. The van der Waals surface area contributed by atoms with Gasteiger partial charge in [-0.25, -0.2) is 0 Å². The van der Waals surface area contributed by atoms with E-state index in [-0.39, 0.29) is 0 Å². The number of piperazine rings is 1. The smallest absolute Gasteiger partial charge is 0.170 e. The quantitative estimate of drug-likeness (QED) is 0.578. The van der Waals surface area contributed by atoms with Gasteiger partial charge < -0.3 is 10.2 Å². The van der Waals surface area contributed by atoms with E-state index in [1.807, 2.05) is 12.3 Å². The first-order valence-corrected chi connectivity index (χ1v) is 7.96. The molecule has 2 aromatic heterocycles. The molecule has 2 radical (unpaired) electrons. The maximum absolute atomic E-state index is 5.53. The van der Waals surface area contributed by atoms with Crippen molar-refractivity contribution in [1.29, 1.82) is 0 Å². The number of nitrogens with one attached hydrogen (secondary N) is 1. The second-order valence-electron chi connectivity index (χ2n) is 5.67. The molecule has 1 aliphatic rings. The van der Waals surface area contributed by atoms with Gasteiger partial charge >= 0.3 is 0 Å². The summed E-state index contributed by atoms with van der Waals surface area (Å²) >= 11 is 0. The molecule has 7 heteroatoms. The van der Waals surface area contributed by atoms with Crippen LogP contribution in [0, 0.1) is 0 Å². The minimum atomic E-state index is 0.326. The average Bonchev–Trinajstić information content (AvgIpc) is 2.61. The van der Waals surface area contributed by atoms with Gasteiger partial charge in [-0.3, -0.25) is 19.9 Å². The fraction of sp³-hybridized carbons (Fsp3) is 0.438. The highest BCUT2D eigenvalue weighted by molar-refractivity contribution is 6.28. The van der Waals surface area contributed by atoms with Gasteiger partial charge in [-0.1, -0.05) is 6.07 Å². The van der Waals surface area contributed by atoms with E-state index in [0.29, 0.717) is 5.72 Å². The fourth-order valence-corrected chi connectivity index (χ4v) is 2.70. The topological polar surface area (TPSA) is 57.2 Å². The van der Waals surface area contributed by atoms with Crippen molar-refractivity contribution in [2.45, 2.75) is 6.54 Å². The predicted molar refractivity (Wildman–Crippen MR) is 92.0 cm³/mol. The van der Waals surface area contributed by atoms with E-state index in [1.165, 1.54) is 5.56 Å². The normalized spacial score (nSPS) is 15.7. The van der Waals surface area contributed by atoms with Crippen molar-refractivity contribution in [3.63, 3.8) is 0 Å². The van der Waals surface area contributed by atoms with Crippen LogP contribution in [-0.4, -0.2) is 67.0 Å². The molecule has 1 fully saturated rings. The third kappa shape index (κ3) is 4.74. The lowest BCUT2D eigenvalue weighted by molar-refractivity contribution is 0.257. The van der Waals surface area contributed by atoms with E-state index in [9.17, 15) is 0 Å². The Hall–Kier alpha value is -1.99. The summed E-state index contributed by atoms with van der Waals surface area (Å²) in [7, 11) is 5.53. The van der Waals surface area contributed by atoms with Crippen LogP contribution in [0.5, 0.6) is 0 Å². The zero-order chi connectivity index (χ0) is 15.9. The van der Waals surface area contributed by atoms with Crippen LogP contribution in [0.2, 0.25) is 0 Å². The van der Waals surface area contributed by atoms with Crippen LogP contribution in [0.25, 0.3) is 0 Å². The van der Waals surface area contributed by atoms with Gasteiger partial charge in [-0.15, -0.1) is 0 Å². The third-order valence-corrected chi connectivity index (χ3v) is 4.05. The average molecular weight is 308 g/mol. The molecule has 0 aliphatic carbocycles. The van der Waals surface area contributed by atoms with Crippen LogP contribution in [0.3, 0.4) is 0 Å². The monoisotopic (exact) mass is 308 g/mol. The summed E-state index contributed by atoms with van der Waals surface area (Å²) in [6, 6.07) is 4.06. The number of hydrogen-bond acceptors (Lipinski definition) is 6. The van der Waals surface area contributed by atoms with E-state index >= 15 is 0 Å². The van der Waals surface area contributed by atoms with Gasteiger partial charge in [0.2, 0.25) is 0 Å². The van der Waals surface area contributed by atoms with Gasteiger partial charge in [0, 0.05) is 58.2 Å². The maximum atomic E-state index is 5.53. The molecule has 1 saturated heterocycles. The first-order valence-electron chi connectivity index (χ1n) is 7.96. The minimum Gasteiger partial charge on any atom is -0.366 e. The van der Waals surface area contributed by atoms with Gasteiger partial charge in [0.25, 0.3) is 0 Å². The molecule has 3 rings (SSSR count). The Bertz CT molecular complexity index is 583. The van der Waals surface area contributed by atoms with Crippen molar-refractivity contribution >= 4 is 19.3 Å². The zero-order valence-electron chi connectivity index (χ0n) is 13.2. The number of aromatic nitrogens is 3. The molecule has 6 nitrogen and oxygen atoms in total. The van der Waals surface area contributed by atoms with Crippen LogP contribution in [-0.2, 0) is 6.54 Å². The molecule has 0 atom stereocenters. The molecule has 0 bridgehead atoms. The highest BCUT2D eigenvalue weighted by Gasteiger charge is 2.17. The fourth-order valence-electron chi connectivity index (χ4n) is 2.70. The van der Waals surface area contributed by atoms with Crippen molar-refractivity contribution in [2.75, 3.05) is 44.2 Å². The summed E-state index contributed by atoms with van der Waals surface area (Å²) in [4.78, 5) is 17.0. The largest absolute Gasteiger partial charge is 0.366 e. The van der Waals surface area contributed by atoms with Crippen molar-refractivity contribution in [3.8, 4) is 0 Å². The lowest BCUT2D eigenvalue weighted by Crippen LogP contribution is -2.48. The molecule has 3 heterocycles. The van der Waals surface area contributed by atoms with E-state index < -0.39 is 0 Å². The SMILES string of the molecule is [B]c1ncc(N2CCN(CCNCc3cccnc3)CC2)cn1. The number of nitrogens with zero attached hydrogens (tertiary/aromatic N) is 5. The summed E-state index contributed by atoms with van der Waals surface area (Å²) in [6.07, 6.45) is 7.30. The molecule has 0 spiro atoms. The molecular formula is C16H21BN6. The highest BCUT2D eigenvalue weighted by atomic mass is 15.3. The second-order valence-corrected chi connectivity index (χ2v) is 5.67. The first kappa shape index (κ1) is 15.9. The van der Waals surface area contributed by atoms with Crippen molar-refractivity contribution in [2.24, 2.45) is 0 Å². The molecule has 2 aromatic rings. The molecule has 0 amide bonds. The number of hydrogen-bond donors (Lipinski definition) is 1. The van der Waals surface area contributed by atoms with E-state index in [0.717, 1.165) is 51.5 Å². The van der Waals surface area contributed by atoms with E-state index in [1.54, 1.807) is 18.6 Å². The molecule has 118 valence electrons. The summed E-state index contributed by atoms with van der Waals surface area (Å²) in [5, 5.41) is 3.47. The standard InChI is InChI=1S/C16H21BN6/c17-16-20-12-15(13-21-16)23-8-6-22(7-9-23)5-4-19-11-14-2-1-3-18-10-14/h1-3,10,12-13,19H,4-9,11H2. The molecule has 0 aromatic carbocycles. The predicted octanol–water partition coefficient (Wildman–Crippen LogP) is -0.423. The van der Waals surface area contributed by atoms with Gasteiger partial charge in [-0.05, 0) is 11.6 Å². The molecule has 1 aliphatic heterocycles. The molecule has 1 N–H and O–H groups in total. The second kappa shape index (κ2) is 8.03. The van der Waals surface area contributed by atoms with Crippen LogP contribution in [0.4, 0.5) is 5.69 Å². The van der Waals surface area contributed by atoms with E-state index in [4.69, 9.17) is 7.85 Å². The highest BCUT2D eigenvalue weighted by Crippen LogP contribution is 2.12. The molecule has 0 saturated carbocycles. The summed E-state index contributed by atoms with van der Waals surface area (Å²) in [6.45, 7) is 7.02. The van der Waals surface area contributed by atoms with Gasteiger partial charge in [0.15, 0.2) is 7.85 Å². The lowest BCUT2D eigenvalue weighted by Gasteiger charge is -2.35. The number of pyridine rings is 1. The molecule has 0 unspecified atom stereocenters. The summed E-state index contributed by atoms with van der Waals surface area (Å²) in [5.41, 5.74) is 2.60. The van der Waals surface area contributed by atoms with Gasteiger partial charge in [0.1, 0.15) is 0 Å². The van der Waals surface area contributed by atoms with Crippen molar-refractivity contribution in [3.05, 3.63) is 42.5 Å². The Balaban J connectivity index is 1.35. The minimum absolute atomic E-state index is 0.326. The van der Waals surface area contributed by atoms with Crippen LogP contribution in [0.1, 0.15) is 5.56 Å². The van der Waals surface area contributed by atoms with E-state index in [2.05, 4.69) is 36.1 Å². The number of anilines is 1. The number of rotatable bonds is 6. The Morgan fingerprint density at radius 3 is 2.57 bits per heavy atom. The van der Waals surface area contributed by atoms with Gasteiger partial charge in [-0.2, -0.15) is 0 Å². The van der Waals surface area contributed by atoms with Gasteiger partial charge in [0.05, 0.1) is 23.8 Å². The Kier molecular flexibility index (Phi) is 5.55. The maximum Gasteiger partial charge on any atom is 0.170 e. The zero-order valence-corrected chi connectivity index (χ0v) is 13.2. The van der Waals surface area contributed by atoms with Crippen molar-refractivity contribution < 1.29 is 0 Å². The van der Waals surface area contributed by atoms with Crippen LogP contribution >= 0.6 is 0 Å². The van der Waals surface area contributed by atoms with Crippen molar-refractivity contribution in [1.82, 2.24) is 25.2 Å². The van der Waals surface area contributed by atoms with Crippen LogP contribution in [0.15, 0.2) is 36.9 Å².